The second kappa shape index (κ2) is 7.54. The first-order valence-electron chi connectivity index (χ1n) is 8.54. The molecule has 0 aliphatic carbocycles. The third kappa shape index (κ3) is 3.85. The Bertz CT molecular complexity index is 669. The highest BCUT2D eigenvalue weighted by Crippen LogP contribution is 2.26. The van der Waals surface area contributed by atoms with Crippen LogP contribution in [0.4, 0.5) is 0 Å². The lowest BCUT2D eigenvalue weighted by molar-refractivity contribution is -0.140. The smallest absolute Gasteiger partial charge is 0.247 e. The second-order valence-corrected chi connectivity index (χ2v) is 7.03. The van der Waals surface area contributed by atoms with Gasteiger partial charge in [0.1, 0.15) is 0 Å². The molecular weight excluding hydrogens is 342 g/mol. The van der Waals surface area contributed by atoms with Crippen LogP contribution in [-0.4, -0.2) is 53.7 Å². The predicted octanol–water partition coefficient (Wildman–Crippen LogP) is 1.43. The lowest BCUT2D eigenvalue weighted by Crippen LogP contribution is -2.47. The van der Waals surface area contributed by atoms with Crippen LogP contribution in [0.3, 0.4) is 0 Å². The van der Waals surface area contributed by atoms with Gasteiger partial charge in [-0.25, -0.2) is 0 Å². The van der Waals surface area contributed by atoms with E-state index >= 15 is 0 Å². The highest BCUT2D eigenvalue weighted by molar-refractivity contribution is 6.30. The molecule has 1 aromatic carbocycles. The number of benzene rings is 1. The van der Waals surface area contributed by atoms with Crippen LogP contribution in [0.5, 0.6) is 0 Å². The first kappa shape index (κ1) is 17.9. The summed E-state index contributed by atoms with van der Waals surface area (Å²) in [4.78, 5) is 40.1. The van der Waals surface area contributed by atoms with E-state index in [1.807, 2.05) is 17.0 Å². The van der Waals surface area contributed by atoms with Gasteiger partial charge in [-0.05, 0) is 43.6 Å². The maximum atomic E-state index is 12.7. The van der Waals surface area contributed by atoms with Gasteiger partial charge in [-0.3, -0.25) is 24.2 Å². The molecule has 3 amide bonds. The molecule has 1 atom stereocenters. The highest BCUT2D eigenvalue weighted by Gasteiger charge is 2.43. The maximum absolute atomic E-state index is 12.7. The molecule has 0 spiro atoms. The van der Waals surface area contributed by atoms with Gasteiger partial charge in [-0.15, -0.1) is 0 Å². The van der Waals surface area contributed by atoms with Crippen molar-refractivity contribution < 1.29 is 14.4 Å². The molecule has 134 valence electrons. The van der Waals surface area contributed by atoms with Crippen molar-refractivity contribution in [3.8, 4) is 0 Å². The number of halogens is 1. The minimum Gasteiger partial charge on any atom is -0.359 e. The van der Waals surface area contributed by atoms with Gasteiger partial charge in [-0.1, -0.05) is 23.7 Å². The van der Waals surface area contributed by atoms with Crippen LogP contribution < -0.4 is 5.32 Å². The van der Waals surface area contributed by atoms with Gasteiger partial charge in [0, 0.05) is 18.0 Å². The lowest BCUT2D eigenvalue weighted by atomic mass is 9.94. The molecule has 7 heteroatoms. The Labute approximate surface area is 152 Å². The number of imide groups is 1. The van der Waals surface area contributed by atoms with E-state index in [9.17, 15) is 14.4 Å². The number of carbonyl (C=O) groups excluding carboxylic acids is 3. The largest absolute Gasteiger partial charge is 0.359 e. The molecule has 1 aromatic rings. The van der Waals surface area contributed by atoms with Crippen molar-refractivity contribution in [1.82, 2.24) is 15.1 Å². The van der Waals surface area contributed by atoms with Gasteiger partial charge >= 0.3 is 0 Å². The molecular formula is C18H22ClN3O3. The summed E-state index contributed by atoms with van der Waals surface area (Å²) in [7, 11) is 1.64. The number of rotatable bonds is 4. The zero-order valence-corrected chi connectivity index (χ0v) is 15.0. The van der Waals surface area contributed by atoms with Crippen molar-refractivity contribution >= 4 is 29.3 Å². The summed E-state index contributed by atoms with van der Waals surface area (Å²) < 4.78 is 0. The van der Waals surface area contributed by atoms with E-state index < -0.39 is 6.04 Å². The number of nitrogens with zero attached hydrogens (tertiary/aromatic N) is 2. The number of hydrogen-bond donors (Lipinski definition) is 1. The first-order chi connectivity index (χ1) is 12.0. The lowest BCUT2D eigenvalue weighted by Gasteiger charge is -2.34. The van der Waals surface area contributed by atoms with Gasteiger partial charge in [-0.2, -0.15) is 0 Å². The number of nitrogens with one attached hydrogen (secondary N) is 1. The van der Waals surface area contributed by atoms with Crippen molar-refractivity contribution in [2.24, 2.45) is 5.92 Å². The van der Waals surface area contributed by atoms with Gasteiger partial charge < -0.3 is 5.32 Å². The normalized spacial score (nSPS) is 22.5. The third-order valence-corrected chi connectivity index (χ3v) is 5.31. The number of carbonyl (C=O) groups is 3. The van der Waals surface area contributed by atoms with Crippen molar-refractivity contribution in [2.45, 2.75) is 31.8 Å². The van der Waals surface area contributed by atoms with Gasteiger partial charge in [0.2, 0.25) is 17.7 Å². The SMILES string of the molecule is CNC(=O)C1CCN([C@@H]2CC(=O)N(Cc3ccc(Cl)cc3)C2=O)CC1. The fraction of sp³-hybridized carbons (Fsp3) is 0.500. The number of hydrogen-bond acceptors (Lipinski definition) is 4. The predicted molar refractivity (Wildman–Crippen MR) is 93.8 cm³/mol. The zero-order chi connectivity index (χ0) is 18.0. The van der Waals surface area contributed by atoms with Crippen molar-refractivity contribution in [3.63, 3.8) is 0 Å². The molecule has 3 rings (SSSR count). The summed E-state index contributed by atoms with van der Waals surface area (Å²) in [6.45, 7) is 1.60. The molecule has 2 fully saturated rings. The zero-order valence-electron chi connectivity index (χ0n) is 14.2. The summed E-state index contributed by atoms with van der Waals surface area (Å²) in [5.41, 5.74) is 0.880. The molecule has 1 N–H and O–H groups in total. The van der Waals surface area contributed by atoms with E-state index in [0.29, 0.717) is 18.1 Å². The van der Waals surface area contributed by atoms with E-state index in [1.165, 1.54) is 4.90 Å². The number of piperidine rings is 1. The molecule has 25 heavy (non-hydrogen) atoms. The van der Waals surface area contributed by atoms with Crippen LogP contribution in [0, 0.1) is 5.92 Å². The van der Waals surface area contributed by atoms with Crippen LogP contribution in [0.2, 0.25) is 5.02 Å². The minimum atomic E-state index is -0.398. The second-order valence-electron chi connectivity index (χ2n) is 6.59. The topological polar surface area (TPSA) is 69.7 Å². The molecule has 0 saturated carbocycles. The quantitative estimate of drug-likeness (QED) is 0.821. The molecule has 2 heterocycles. The average Bonchev–Trinajstić information content (AvgIpc) is 2.91. The Balaban J connectivity index is 1.61. The van der Waals surface area contributed by atoms with E-state index in [4.69, 9.17) is 11.6 Å². The third-order valence-electron chi connectivity index (χ3n) is 5.06. The van der Waals surface area contributed by atoms with Crippen molar-refractivity contribution in [2.75, 3.05) is 20.1 Å². The Morgan fingerprint density at radius 3 is 2.44 bits per heavy atom. The Kier molecular flexibility index (Phi) is 5.39. The standard InChI is InChI=1S/C18H22ClN3O3/c1-20-17(24)13-6-8-21(9-7-13)15-10-16(23)22(18(15)25)11-12-2-4-14(19)5-3-12/h2-5,13,15H,6-11H2,1H3,(H,20,24)/t15-/m1/s1. The molecule has 0 radical (unpaired) electrons. The van der Waals surface area contributed by atoms with E-state index in [1.54, 1.807) is 19.2 Å². The van der Waals surface area contributed by atoms with Crippen LogP contribution >= 0.6 is 11.6 Å². The Morgan fingerprint density at radius 2 is 1.84 bits per heavy atom. The van der Waals surface area contributed by atoms with Crippen molar-refractivity contribution in [3.05, 3.63) is 34.9 Å². The van der Waals surface area contributed by atoms with Crippen LogP contribution in [0.25, 0.3) is 0 Å². The minimum absolute atomic E-state index is 0.00127. The summed E-state index contributed by atoms with van der Waals surface area (Å²) in [5, 5.41) is 3.30. The van der Waals surface area contributed by atoms with Crippen LogP contribution in [0.15, 0.2) is 24.3 Å². The van der Waals surface area contributed by atoms with E-state index in [-0.39, 0.29) is 36.6 Å². The summed E-state index contributed by atoms with van der Waals surface area (Å²) in [6, 6.07) is 6.76. The molecule has 0 aromatic heterocycles. The van der Waals surface area contributed by atoms with Gasteiger partial charge in [0.15, 0.2) is 0 Å². The van der Waals surface area contributed by atoms with Crippen LogP contribution in [0.1, 0.15) is 24.8 Å². The number of likely N-dealkylation sites (tertiary alicyclic amines) is 2. The first-order valence-corrected chi connectivity index (χ1v) is 8.91. The fourth-order valence-corrected chi connectivity index (χ4v) is 3.69. The van der Waals surface area contributed by atoms with Gasteiger partial charge in [0.05, 0.1) is 19.0 Å². The molecule has 6 nitrogen and oxygen atoms in total. The van der Waals surface area contributed by atoms with Gasteiger partial charge in [0.25, 0.3) is 0 Å². The molecule has 0 bridgehead atoms. The number of amides is 3. The van der Waals surface area contributed by atoms with E-state index in [0.717, 1.165) is 18.4 Å². The highest BCUT2D eigenvalue weighted by atomic mass is 35.5. The average molecular weight is 364 g/mol. The summed E-state index contributed by atoms with van der Waals surface area (Å²) in [5.74, 6) is -0.229. The fourth-order valence-electron chi connectivity index (χ4n) is 3.57. The Hall–Kier alpha value is -1.92. The van der Waals surface area contributed by atoms with Crippen LogP contribution in [-0.2, 0) is 20.9 Å². The maximum Gasteiger partial charge on any atom is 0.247 e. The molecule has 2 aliphatic heterocycles. The summed E-state index contributed by atoms with van der Waals surface area (Å²) in [6.07, 6.45) is 1.65. The van der Waals surface area contributed by atoms with Crippen molar-refractivity contribution in [1.29, 1.82) is 0 Å². The molecule has 0 unspecified atom stereocenters. The van der Waals surface area contributed by atoms with E-state index in [2.05, 4.69) is 5.32 Å². The molecule has 2 saturated heterocycles. The monoisotopic (exact) mass is 363 g/mol. The Morgan fingerprint density at radius 1 is 1.20 bits per heavy atom. The summed E-state index contributed by atoms with van der Waals surface area (Å²) >= 11 is 5.87. The molecule has 2 aliphatic rings.